The second-order valence-corrected chi connectivity index (χ2v) is 8.58. The van der Waals surface area contributed by atoms with Gasteiger partial charge in [-0.2, -0.15) is 0 Å². The molecule has 0 saturated heterocycles. The molecule has 0 aliphatic heterocycles. The number of nitrogens with one attached hydrogen (secondary N) is 3. The molecule has 1 heterocycles. The van der Waals surface area contributed by atoms with Crippen molar-refractivity contribution in [2.24, 2.45) is 0 Å². The molecule has 0 aliphatic carbocycles. The molecule has 11 heteroatoms. The first kappa shape index (κ1) is 23.1. The highest BCUT2D eigenvalue weighted by atomic mass is 32.2. The maximum atomic E-state index is 12.4. The van der Waals surface area contributed by atoms with Gasteiger partial charge in [-0.1, -0.05) is 6.07 Å². The lowest BCUT2D eigenvalue weighted by atomic mass is 10.1. The van der Waals surface area contributed by atoms with Crippen LogP contribution in [0.3, 0.4) is 0 Å². The number of carbonyl (C=O) groups is 2. The minimum Gasteiger partial charge on any atom is -0.468 e. The number of benzene rings is 2. The van der Waals surface area contributed by atoms with E-state index >= 15 is 0 Å². The Morgan fingerprint density at radius 1 is 1.03 bits per heavy atom. The Bertz CT molecular complexity index is 1220. The van der Waals surface area contributed by atoms with Crippen LogP contribution < -0.4 is 15.4 Å². The van der Waals surface area contributed by atoms with Gasteiger partial charge in [0.15, 0.2) is 5.11 Å². The van der Waals surface area contributed by atoms with Crippen molar-refractivity contribution >= 4 is 44.9 Å². The molecular formula is C21H19N3O6S2. The lowest BCUT2D eigenvalue weighted by Gasteiger charge is -2.11. The van der Waals surface area contributed by atoms with Gasteiger partial charge in [0.1, 0.15) is 5.76 Å². The zero-order chi connectivity index (χ0) is 23.1. The molecule has 2 aromatic carbocycles. The topological polar surface area (TPSA) is 127 Å². The Hall–Kier alpha value is -3.54. The number of anilines is 1. The number of sulfonamides is 1. The van der Waals surface area contributed by atoms with Crippen LogP contribution in [0.4, 0.5) is 5.69 Å². The monoisotopic (exact) mass is 473 g/mol. The maximum Gasteiger partial charge on any atom is 0.337 e. The fourth-order valence-electron chi connectivity index (χ4n) is 2.62. The maximum absolute atomic E-state index is 12.4. The molecule has 9 nitrogen and oxygen atoms in total. The van der Waals surface area contributed by atoms with Crippen LogP contribution in [0.25, 0.3) is 0 Å². The Labute approximate surface area is 189 Å². The number of ether oxygens (including phenoxy) is 1. The number of amides is 1. The molecule has 166 valence electrons. The van der Waals surface area contributed by atoms with Crippen molar-refractivity contribution in [3.05, 3.63) is 83.8 Å². The smallest absolute Gasteiger partial charge is 0.337 e. The summed E-state index contributed by atoms with van der Waals surface area (Å²) in [5.74, 6) is -0.589. The van der Waals surface area contributed by atoms with Gasteiger partial charge < -0.3 is 14.5 Å². The predicted molar refractivity (Wildman–Crippen MR) is 121 cm³/mol. The quantitative estimate of drug-likeness (QED) is 0.353. The van der Waals surface area contributed by atoms with E-state index in [9.17, 15) is 18.0 Å². The second kappa shape index (κ2) is 10.2. The van der Waals surface area contributed by atoms with E-state index in [2.05, 4.69) is 20.1 Å². The zero-order valence-electron chi connectivity index (χ0n) is 16.8. The summed E-state index contributed by atoms with van der Waals surface area (Å²) in [6, 6.07) is 15.1. The summed E-state index contributed by atoms with van der Waals surface area (Å²) in [6.45, 7) is 0.0304. The molecule has 0 atom stereocenters. The molecule has 0 spiro atoms. The molecule has 3 N–H and O–H groups in total. The zero-order valence-corrected chi connectivity index (χ0v) is 18.5. The number of methoxy groups -OCH3 is 1. The van der Waals surface area contributed by atoms with Crippen LogP contribution in [-0.2, 0) is 21.3 Å². The van der Waals surface area contributed by atoms with Crippen LogP contribution in [0.15, 0.2) is 76.2 Å². The average Bonchev–Trinajstić information content (AvgIpc) is 3.31. The van der Waals surface area contributed by atoms with E-state index in [1.807, 2.05) is 0 Å². The summed E-state index contributed by atoms with van der Waals surface area (Å²) in [4.78, 5) is 24.0. The largest absolute Gasteiger partial charge is 0.468 e. The minimum atomic E-state index is -3.73. The van der Waals surface area contributed by atoms with E-state index in [4.69, 9.17) is 16.6 Å². The number of rotatable bonds is 7. The van der Waals surface area contributed by atoms with Crippen LogP contribution in [0, 0.1) is 0 Å². The van der Waals surface area contributed by atoms with Crippen LogP contribution >= 0.6 is 12.2 Å². The summed E-state index contributed by atoms with van der Waals surface area (Å²) < 4.78 is 36.9. The highest BCUT2D eigenvalue weighted by Gasteiger charge is 2.15. The molecule has 0 bridgehead atoms. The fraction of sp³-hybridized carbons (Fsp3) is 0.0952. The number of esters is 1. The molecule has 0 unspecified atom stereocenters. The molecular weight excluding hydrogens is 454 g/mol. The summed E-state index contributed by atoms with van der Waals surface area (Å²) in [5.41, 5.74) is 0.932. The van der Waals surface area contributed by atoms with Crippen molar-refractivity contribution < 1.29 is 27.2 Å². The summed E-state index contributed by atoms with van der Waals surface area (Å²) >= 11 is 5.14. The Balaban J connectivity index is 1.58. The Kier molecular flexibility index (Phi) is 7.36. The number of furan rings is 1. The van der Waals surface area contributed by atoms with Crippen LogP contribution in [-0.4, -0.2) is 32.5 Å². The van der Waals surface area contributed by atoms with Gasteiger partial charge in [-0.3, -0.25) is 10.1 Å². The Morgan fingerprint density at radius 3 is 2.41 bits per heavy atom. The molecule has 32 heavy (non-hydrogen) atoms. The van der Waals surface area contributed by atoms with Crippen LogP contribution in [0.1, 0.15) is 26.5 Å². The lowest BCUT2D eigenvalue weighted by molar-refractivity contribution is 0.0600. The number of hydrogen-bond acceptors (Lipinski definition) is 7. The van der Waals surface area contributed by atoms with Crippen molar-refractivity contribution in [2.75, 3.05) is 12.4 Å². The Morgan fingerprint density at radius 2 is 1.75 bits per heavy atom. The highest BCUT2D eigenvalue weighted by molar-refractivity contribution is 7.89. The minimum absolute atomic E-state index is 0.00465. The summed E-state index contributed by atoms with van der Waals surface area (Å²) in [7, 11) is -2.48. The third-order valence-corrected chi connectivity index (χ3v) is 5.83. The molecule has 0 aliphatic rings. The first-order valence-corrected chi connectivity index (χ1v) is 11.1. The summed E-state index contributed by atoms with van der Waals surface area (Å²) in [5, 5.41) is 5.30. The first-order chi connectivity index (χ1) is 15.3. The van der Waals surface area contributed by atoms with Gasteiger partial charge in [0, 0.05) is 11.3 Å². The van der Waals surface area contributed by atoms with E-state index in [1.54, 1.807) is 18.2 Å². The lowest BCUT2D eigenvalue weighted by Crippen LogP contribution is -2.34. The number of hydrogen-bond donors (Lipinski definition) is 3. The van der Waals surface area contributed by atoms with Gasteiger partial charge in [-0.15, -0.1) is 0 Å². The standard InChI is InChI=1S/C21H19N3O6S2/c1-29-20(26)15-5-2-4-14(12-15)19(25)24-21(31)23-16-7-9-18(10-8-16)32(27,28)22-13-17-6-3-11-30-17/h2-12,22H,13H2,1H3,(H2,23,24,25,31). The van der Waals surface area contributed by atoms with Gasteiger partial charge in [0.25, 0.3) is 5.91 Å². The van der Waals surface area contributed by atoms with Crippen molar-refractivity contribution in [3.63, 3.8) is 0 Å². The fourth-order valence-corrected chi connectivity index (χ4v) is 3.83. The highest BCUT2D eigenvalue weighted by Crippen LogP contribution is 2.15. The summed E-state index contributed by atoms with van der Waals surface area (Å²) in [6.07, 6.45) is 1.46. The third-order valence-electron chi connectivity index (χ3n) is 4.21. The third kappa shape index (κ3) is 6.00. The van der Waals surface area contributed by atoms with Gasteiger partial charge in [-0.05, 0) is 66.8 Å². The molecule has 0 fully saturated rings. The van der Waals surface area contributed by atoms with Crippen molar-refractivity contribution in [2.45, 2.75) is 11.4 Å². The van der Waals surface area contributed by atoms with E-state index in [0.29, 0.717) is 11.4 Å². The molecule has 1 aromatic heterocycles. The molecule has 3 aromatic rings. The normalized spacial score (nSPS) is 10.9. The van der Waals surface area contributed by atoms with E-state index in [-0.39, 0.29) is 27.7 Å². The van der Waals surface area contributed by atoms with E-state index in [0.717, 1.165) is 0 Å². The van der Waals surface area contributed by atoms with Crippen LogP contribution in [0.5, 0.6) is 0 Å². The molecule has 1 amide bonds. The van der Waals surface area contributed by atoms with Crippen LogP contribution in [0.2, 0.25) is 0 Å². The van der Waals surface area contributed by atoms with E-state index < -0.39 is 21.9 Å². The number of carbonyl (C=O) groups excluding carboxylic acids is 2. The van der Waals surface area contributed by atoms with E-state index in [1.165, 1.54) is 55.8 Å². The SMILES string of the molecule is COC(=O)c1cccc(C(=O)NC(=S)Nc2ccc(S(=O)(=O)NCc3ccco3)cc2)c1. The van der Waals surface area contributed by atoms with Crippen molar-refractivity contribution in [1.29, 1.82) is 0 Å². The number of thiocarbonyl (C=S) groups is 1. The van der Waals surface area contributed by atoms with Gasteiger partial charge in [0.05, 0.1) is 30.4 Å². The average molecular weight is 474 g/mol. The van der Waals surface area contributed by atoms with Gasteiger partial charge in [-0.25, -0.2) is 17.9 Å². The van der Waals surface area contributed by atoms with Crippen molar-refractivity contribution in [3.8, 4) is 0 Å². The van der Waals surface area contributed by atoms with Gasteiger partial charge >= 0.3 is 5.97 Å². The molecule has 0 radical (unpaired) electrons. The second-order valence-electron chi connectivity index (χ2n) is 6.41. The molecule has 0 saturated carbocycles. The molecule has 3 rings (SSSR count). The van der Waals surface area contributed by atoms with Crippen molar-refractivity contribution in [1.82, 2.24) is 10.0 Å². The predicted octanol–water partition coefficient (Wildman–Crippen LogP) is 2.67. The first-order valence-electron chi connectivity index (χ1n) is 9.21. The van der Waals surface area contributed by atoms with Gasteiger partial charge in [0.2, 0.25) is 10.0 Å².